The second-order valence-corrected chi connectivity index (χ2v) is 9.32. The van der Waals surface area contributed by atoms with Crippen LogP contribution in [0.2, 0.25) is 0 Å². The predicted octanol–water partition coefficient (Wildman–Crippen LogP) is 3.24. The minimum absolute atomic E-state index is 0.157. The molecule has 1 aromatic carbocycles. The Morgan fingerprint density at radius 3 is 2.21 bits per heavy atom. The molecular weight excluding hydrogens is 441 g/mol. The normalized spacial score (nSPS) is 27.2. The Kier molecular flexibility index (Phi) is 5.96. The average molecular weight is 466 g/mol. The first-order chi connectivity index (χ1) is 15.5. The Morgan fingerprint density at radius 1 is 1.09 bits per heavy atom. The molecule has 178 valence electrons. The van der Waals surface area contributed by atoms with E-state index >= 15 is 0 Å². The van der Waals surface area contributed by atoms with Gasteiger partial charge < -0.3 is 10.1 Å². The van der Waals surface area contributed by atoms with Crippen molar-refractivity contribution < 1.29 is 37.1 Å². The number of fused-ring (bicyclic) bond motifs is 5. The van der Waals surface area contributed by atoms with Crippen LogP contribution in [-0.2, 0) is 30.1 Å². The summed E-state index contributed by atoms with van der Waals surface area (Å²) in [5.74, 6) is -3.56. The Labute approximate surface area is 188 Å². The lowest BCUT2D eigenvalue weighted by Crippen LogP contribution is -2.50. The fourth-order valence-corrected chi connectivity index (χ4v) is 5.63. The number of rotatable bonds is 6. The second kappa shape index (κ2) is 8.46. The molecule has 33 heavy (non-hydrogen) atoms. The van der Waals surface area contributed by atoms with Gasteiger partial charge in [-0.1, -0.05) is 26.0 Å². The number of nitrogens with one attached hydrogen (secondary N) is 1. The fraction of sp³-hybridized carbons (Fsp3) is 0.565. The monoisotopic (exact) mass is 466 g/mol. The number of alkyl halides is 3. The number of amides is 3. The van der Waals surface area contributed by atoms with E-state index in [-0.39, 0.29) is 23.7 Å². The van der Waals surface area contributed by atoms with Crippen LogP contribution in [0.5, 0.6) is 0 Å². The van der Waals surface area contributed by atoms with E-state index in [0.717, 1.165) is 36.3 Å². The molecule has 3 amide bonds. The van der Waals surface area contributed by atoms with Gasteiger partial charge in [0.1, 0.15) is 6.04 Å². The Morgan fingerprint density at radius 2 is 1.67 bits per heavy atom. The lowest BCUT2D eigenvalue weighted by Gasteiger charge is -2.28. The number of carbonyl (C=O) groups excluding carboxylic acids is 4. The molecule has 4 rings (SSSR count). The van der Waals surface area contributed by atoms with Gasteiger partial charge in [0.25, 0.3) is 5.91 Å². The number of imide groups is 1. The number of hydrogen-bond acceptors (Lipinski definition) is 5. The second-order valence-electron chi connectivity index (χ2n) is 9.32. The highest BCUT2D eigenvalue weighted by Gasteiger charge is 2.62. The first kappa shape index (κ1) is 23.3. The van der Waals surface area contributed by atoms with E-state index in [1.807, 2.05) is 0 Å². The number of esters is 1. The van der Waals surface area contributed by atoms with Crippen LogP contribution in [0.1, 0.15) is 38.7 Å². The first-order valence-corrected chi connectivity index (χ1v) is 11.0. The topological polar surface area (TPSA) is 92.8 Å². The zero-order valence-electron chi connectivity index (χ0n) is 18.2. The maximum absolute atomic E-state index is 13.1. The van der Waals surface area contributed by atoms with E-state index in [4.69, 9.17) is 4.74 Å². The molecule has 2 saturated carbocycles. The van der Waals surface area contributed by atoms with Gasteiger partial charge in [0.05, 0.1) is 23.1 Å². The molecule has 7 nitrogen and oxygen atoms in total. The van der Waals surface area contributed by atoms with Crippen LogP contribution < -0.4 is 5.32 Å². The van der Waals surface area contributed by atoms with Crippen molar-refractivity contribution in [3.63, 3.8) is 0 Å². The third kappa shape index (κ3) is 4.11. The summed E-state index contributed by atoms with van der Waals surface area (Å²) in [5, 5.41) is 2.10. The number of benzene rings is 1. The highest BCUT2D eigenvalue weighted by molar-refractivity contribution is 6.08. The average Bonchev–Trinajstić information content (AvgIpc) is 3.42. The van der Waals surface area contributed by atoms with Crippen molar-refractivity contribution in [3.05, 3.63) is 29.8 Å². The van der Waals surface area contributed by atoms with Gasteiger partial charge in [-0.15, -0.1) is 0 Å². The van der Waals surface area contributed by atoms with Gasteiger partial charge >= 0.3 is 12.1 Å². The number of hydrogen-bond donors (Lipinski definition) is 1. The van der Waals surface area contributed by atoms with Crippen molar-refractivity contribution in [1.82, 2.24) is 4.90 Å². The number of nitrogens with zero attached hydrogens (tertiary/aromatic N) is 1. The number of likely N-dealkylation sites (tertiary alicyclic amines) is 1. The van der Waals surface area contributed by atoms with E-state index in [1.54, 1.807) is 13.8 Å². The molecule has 0 aromatic heterocycles. The largest absolute Gasteiger partial charge is 0.454 e. The summed E-state index contributed by atoms with van der Waals surface area (Å²) in [6, 6.07) is 3.25. The van der Waals surface area contributed by atoms with Crippen molar-refractivity contribution in [3.8, 4) is 0 Å². The summed E-state index contributed by atoms with van der Waals surface area (Å²) in [7, 11) is 0. The lowest BCUT2D eigenvalue weighted by molar-refractivity contribution is -0.162. The van der Waals surface area contributed by atoms with Gasteiger partial charge in [0, 0.05) is 0 Å². The minimum atomic E-state index is -4.67. The molecule has 0 spiro atoms. The molecule has 0 radical (unpaired) electrons. The molecular formula is C23H25F3N2O5. The maximum Gasteiger partial charge on any atom is 0.418 e. The highest BCUT2D eigenvalue weighted by Crippen LogP contribution is 2.56. The van der Waals surface area contributed by atoms with E-state index < -0.39 is 59.7 Å². The highest BCUT2D eigenvalue weighted by atomic mass is 19.4. The van der Waals surface area contributed by atoms with Gasteiger partial charge in [-0.05, 0) is 49.1 Å². The molecule has 3 aliphatic rings. The number of halogens is 3. The molecule has 1 N–H and O–H groups in total. The molecule has 10 heteroatoms. The molecule has 2 aliphatic carbocycles. The van der Waals surface area contributed by atoms with Crippen molar-refractivity contribution in [2.45, 2.75) is 45.3 Å². The lowest BCUT2D eigenvalue weighted by atomic mass is 9.81. The van der Waals surface area contributed by atoms with Crippen molar-refractivity contribution in [1.29, 1.82) is 0 Å². The summed E-state index contributed by atoms with van der Waals surface area (Å²) in [6.07, 6.45) is -2.02. The number of anilines is 1. The molecule has 2 bridgehead atoms. The zero-order valence-corrected chi connectivity index (χ0v) is 18.2. The Bertz CT molecular complexity index is 965. The summed E-state index contributed by atoms with van der Waals surface area (Å²) >= 11 is 0. The number of ether oxygens (including phenoxy) is 1. The number of para-hydroxylation sites is 1. The fourth-order valence-electron chi connectivity index (χ4n) is 5.63. The molecule has 1 saturated heterocycles. The molecule has 1 aromatic rings. The maximum atomic E-state index is 13.1. The van der Waals surface area contributed by atoms with Crippen LogP contribution in [0, 0.1) is 29.6 Å². The standard InChI is InChI=1S/C23H25F3N2O5/c1-11(2)19(28-20(30)17-12-7-8-13(9-12)18(17)21(28)31)22(32)33-10-16(29)27-15-6-4-3-5-14(15)23(24,25)26/h3-6,11-13,17-19H,7-10H2,1-2H3,(H,27,29)/t12-,13-,17-,18+,19-/m0/s1. The summed E-state index contributed by atoms with van der Waals surface area (Å²) in [6.45, 7) is 2.48. The summed E-state index contributed by atoms with van der Waals surface area (Å²) in [4.78, 5) is 52.1. The Hall–Kier alpha value is -2.91. The van der Waals surface area contributed by atoms with Crippen LogP contribution in [0.25, 0.3) is 0 Å². The molecule has 5 atom stereocenters. The van der Waals surface area contributed by atoms with E-state index in [9.17, 15) is 32.3 Å². The predicted molar refractivity (Wildman–Crippen MR) is 109 cm³/mol. The third-order valence-corrected chi connectivity index (χ3v) is 6.96. The van der Waals surface area contributed by atoms with Crippen LogP contribution >= 0.6 is 0 Å². The molecule has 0 unspecified atom stereocenters. The van der Waals surface area contributed by atoms with Crippen molar-refractivity contribution in [2.24, 2.45) is 29.6 Å². The van der Waals surface area contributed by atoms with Crippen LogP contribution in [0.3, 0.4) is 0 Å². The van der Waals surface area contributed by atoms with Crippen LogP contribution in [-0.4, -0.2) is 41.2 Å². The summed E-state index contributed by atoms with van der Waals surface area (Å²) < 4.78 is 44.4. The zero-order chi connectivity index (χ0) is 24.1. The minimum Gasteiger partial charge on any atom is -0.454 e. The van der Waals surface area contributed by atoms with Gasteiger partial charge in [-0.2, -0.15) is 13.2 Å². The van der Waals surface area contributed by atoms with Crippen molar-refractivity contribution >= 4 is 29.4 Å². The van der Waals surface area contributed by atoms with E-state index in [1.165, 1.54) is 12.1 Å². The van der Waals surface area contributed by atoms with Crippen molar-refractivity contribution in [2.75, 3.05) is 11.9 Å². The first-order valence-electron chi connectivity index (χ1n) is 11.0. The molecule has 3 fully saturated rings. The van der Waals surface area contributed by atoms with Gasteiger partial charge in [0.15, 0.2) is 6.61 Å². The van der Waals surface area contributed by atoms with Gasteiger partial charge in [-0.25, -0.2) is 4.79 Å². The van der Waals surface area contributed by atoms with Crippen LogP contribution in [0.4, 0.5) is 18.9 Å². The molecule has 1 aliphatic heterocycles. The SMILES string of the molecule is CC(C)[C@@H](C(=O)OCC(=O)Nc1ccccc1C(F)(F)F)N1C(=O)[C@@H]2[C@H]3CC[C@@H](C3)[C@@H]2C1=O. The third-order valence-electron chi connectivity index (χ3n) is 6.96. The quantitative estimate of drug-likeness (QED) is 0.513. The van der Waals surface area contributed by atoms with Crippen LogP contribution in [0.15, 0.2) is 24.3 Å². The Balaban J connectivity index is 1.43. The summed E-state index contributed by atoms with van der Waals surface area (Å²) in [5.41, 5.74) is -1.49. The van der Waals surface area contributed by atoms with E-state index in [0.29, 0.717) is 0 Å². The van der Waals surface area contributed by atoms with E-state index in [2.05, 4.69) is 5.32 Å². The number of carbonyl (C=O) groups is 4. The smallest absolute Gasteiger partial charge is 0.418 e. The van der Waals surface area contributed by atoms with Gasteiger partial charge in [0.2, 0.25) is 11.8 Å². The molecule has 1 heterocycles. The van der Waals surface area contributed by atoms with Gasteiger partial charge in [-0.3, -0.25) is 19.3 Å².